The third kappa shape index (κ3) is 1.65. The average Bonchev–Trinajstić information content (AvgIpc) is 2.40. The highest BCUT2D eigenvalue weighted by molar-refractivity contribution is 5.52. The lowest BCUT2D eigenvalue weighted by atomic mass is 9.92. The molecule has 86 valence electrons. The largest absolute Gasteiger partial charge is 0.497 e. The van der Waals surface area contributed by atoms with Gasteiger partial charge in [0.05, 0.1) is 7.11 Å². The summed E-state index contributed by atoms with van der Waals surface area (Å²) < 4.78 is 5.28. The van der Waals surface area contributed by atoms with Crippen molar-refractivity contribution in [3.8, 4) is 5.75 Å². The van der Waals surface area contributed by atoms with Gasteiger partial charge in [0.15, 0.2) is 0 Å². The molecule has 2 atom stereocenters. The fourth-order valence-electron chi connectivity index (χ4n) is 2.81. The number of nitrogens with one attached hydrogen (secondary N) is 1. The van der Waals surface area contributed by atoms with E-state index in [-0.39, 0.29) is 0 Å². The van der Waals surface area contributed by atoms with Crippen LogP contribution in [0.2, 0.25) is 0 Å². The molecule has 3 fully saturated rings. The summed E-state index contributed by atoms with van der Waals surface area (Å²) >= 11 is 0. The lowest BCUT2D eigenvalue weighted by Crippen LogP contribution is -2.61. The number of benzene rings is 1. The Labute approximate surface area is 96.4 Å². The van der Waals surface area contributed by atoms with Crippen molar-refractivity contribution in [2.45, 2.75) is 24.9 Å². The first-order chi connectivity index (χ1) is 7.86. The van der Waals surface area contributed by atoms with Crippen LogP contribution in [-0.2, 0) is 0 Å². The van der Waals surface area contributed by atoms with Gasteiger partial charge >= 0.3 is 0 Å². The van der Waals surface area contributed by atoms with Crippen LogP contribution in [0.4, 0.5) is 5.69 Å². The number of hydrogen-bond acceptors (Lipinski definition) is 3. The molecule has 2 unspecified atom stereocenters. The second kappa shape index (κ2) is 3.98. The highest BCUT2D eigenvalue weighted by atomic mass is 16.5. The van der Waals surface area contributed by atoms with E-state index in [1.807, 2.05) is 6.07 Å². The Bertz CT molecular complexity index is 372. The third-order valence-corrected chi connectivity index (χ3v) is 3.73. The van der Waals surface area contributed by atoms with Crippen LogP contribution in [0.25, 0.3) is 0 Å². The highest BCUT2D eigenvalue weighted by Crippen LogP contribution is 2.30. The summed E-state index contributed by atoms with van der Waals surface area (Å²) in [5.74, 6) is 0.951. The Morgan fingerprint density at radius 1 is 1.38 bits per heavy atom. The Kier molecular flexibility index (Phi) is 2.48. The predicted octanol–water partition coefficient (Wildman–Crippen LogP) is 1.64. The van der Waals surface area contributed by atoms with Gasteiger partial charge in [0.2, 0.25) is 0 Å². The van der Waals surface area contributed by atoms with Crippen LogP contribution in [0, 0.1) is 0 Å². The van der Waals surface area contributed by atoms with E-state index in [0.29, 0.717) is 12.1 Å². The standard InChI is InChI=1S/C13H18N2O/c1-16-13-4-2-3-11(7-13)15-9-10-5-6-12(15)8-14-10/h2-4,7,10,12,14H,5-6,8-9H2,1H3. The highest BCUT2D eigenvalue weighted by Gasteiger charge is 2.33. The van der Waals surface area contributed by atoms with E-state index < -0.39 is 0 Å². The minimum atomic E-state index is 0.664. The summed E-state index contributed by atoms with van der Waals surface area (Å²) in [4.78, 5) is 2.52. The summed E-state index contributed by atoms with van der Waals surface area (Å²) in [6.07, 6.45) is 2.64. The van der Waals surface area contributed by atoms with Gasteiger partial charge in [0.1, 0.15) is 5.75 Å². The molecule has 0 radical (unpaired) electrons. The van der Waals surface area contributed by atoms with Gasteiger partial charge in [-0.1, -0.05) is 6.07 Å². The molecule has 0 aliphatic carbocycles. The second-order valence-corrected chi connectivity index (χ2v) is 4.69. The van der Waals surface area contributed by atoms with E-state index in [1.54, 1.807) is 7.11 Å². The quantitative estimate of drug-likeness (QED) is 0.816. The molecule has 1 N–H and O–H groups in total. The molecule has 3 aliphatic rings. The second-order valence-electron chi connectivity index (χ2n) is 4.69. The monoisotopic (exact) mass is 218 g/mol. The van der Waals surface area contributed by atoms with Gasteiger partial charge in [-0.2, -0.15) is 0 Å². The Hall–Kier alpha value is -1.22. The number of hydrogen-bond donors (Lipinski definition) is 1. The van der Waals surface area contributed by atoms with Crippen molar-refractivity contribution in [3.63, 3.8) is 0 Å². The molecule has 3 heterocycles. The van der Waals surface area contributed by atoms with Gasteiger partial charge in [0.25, 0.3) is 0 Å². The SMILES string of the molecule is COc1cccc(N2CC3CCC2CN3)c1. The zero-order valence-corrected chi connectivity index (χ0v) is 9.65. The van der Waals surface area contributed by atoms with Crippen molar-refractivity contribution in [1.82, 2.24) is 5.32 Å². The van der Waals surface area contributed by atoms with Crippen LogP contribution >= 0.6 is 0 Å². The minimum absolute atomic E-state index is 0.664. The summed E-state index contributed by atoms with van der Waals surface area (Å²) in [7, 11) is 1.73. The van der Waals surface area contributed by atoms with Crippen LogP contribution in [-0.4, -0.2) is 32.3 Å². The van der Waals surface area contributed by atoms with Gasteiger partial charge in [-0.3, -0.25) is 0 Å². The number of piperazine rings is 1. The fourth-order valence-corrected chi connectivity index (χ4v) is 2.81. The predicted molar refractivity (Wildman–Crippen MR) is 65.2 cm³/mol. The number of methoxy groups -OCH3 is 1. The van der Waals surface area contributed by atoms with Gasteiger partial charge in [-0.05, 0) is 25.0 Å². The Balaban J connectivity index is 1.86. The van der Waals surface area contributed by atoms with E-state index in [0.717, 1.165) is 18.8 Å². The van der Waals surface area contributed by atoms with E-state index in [4.69, 9.17) is 4.74 Å². The number of piperidine rings is 2. The molecule has 0 amide bonds. The van der Waals surface area contributed by atoms with E-state index in [1.165, 1.54) is 18.5 Å². The van der Waals surface area contributed by atoms with Crippen molar-refractivity contribution in [2.24, 2.45) is 0 Å². The average molecular weight is 218 g/mol. The van der Waals surface area contributed by atoms with E-state index in [2.05, 4.69) is 28.4 Å². The van der Waals surface area contributed by atoms with Crippen LogP contribution in [0.1, 0.15) is 12.8 Å². The van der Waals surface area contributed by atoms with E-state index in [9.17, 15) is 0 Å². The lowest BCUT2D eigenvalue weighted by Gasteiger charge is -2.47. The molecule has 3 saturated heterocycles. The Morgan fingerprint density at radius 3 is 2.94 bits per heavy atom. The molecule has 3 nitrogen and oxygen atoms in total. The van der Waals surface area contributed by atoms with Crippen LogP contribution in [0.3, 0.4) is 0 Å². The van der Waals surface area contributed by atoms with Crippen molar-refractivity contribution in [2.75, 3.05) is 25.1 Å². The minimum Gasteiger partial charge on any atom is -0.497 e. The fraction of sp³-hybridized carbons (Fsp3) is 0.538. The zero-order valence-electron chi connectivity index (χ0n) is 9.65. The normalized spacial score (nSPS) is 28.2. The molecule has 4 rings (SSSR count). The smallest absolute Gasteiger partial charge is 0.120 e. The zero-order chi connectivity index (χ0) is 11.0. The van der Waals surface area contributed by atoms with Crippen molar-refractivity contribution < 1.29 is 4.74 Å². The first kappa shape index (κ1) is 9.97. The molecule has 0 spiro atoms. The van der Waals surface area contributed by atoms with Crippen molar-refractivity contribution in [3.05, 3.63) is 24.3 Å². The maximum absolute atomic E-state index is 5.28. The van der Waals surface area contributed by atoms with Crippen LogP contribution < -0.4 is 15.0 Å². The van der Waals surface area contributed by atoms with Gasteiger partial charge in [-0.15, -0.1) is 0 Å². The number of fused-ring (bicyclic) bond motifs is 3. The molecule has 1 aromatic carbocycles. The van der Waals surface area contributed by atoms with Crippen LogP contribution in [0.15, 0.2) is 24.3 Å². The molecule has 3 heteroatoms. The molecule has 3 aliphatic heterocycles. The number of nitrogens with zero attached hydrogens (tertiary/aromatic N) is 1. The summed E-state index contributed by atoms with van der Waals surface area (Å²) in [5.41, 5.74) is 1.30. The molecular weight excluding hydrogens is 200 g/mol. The van der Waals surface area contributed by atoms with Gasteiger partial charge in [0, 0.05) is 36.9 Å². The Morgan fingerprint density at radius 2 is 2.31 bits per heavy atom. The molecular formula is C13H18N2O. The molecule has 0 aromatic heterocycles. The van der Waals surface area contributed by atoms with Crippen molar-refractivity contribution >= 4 is 5.69 Å². The number of rotatable bonds is 2. The molecule has 2 bridgehead atoms. The van der Waals surface area contributed by atoms with Crippen LogP contribution in [0.5, 0.6) is 5.75 Å². The third-order valence-electron chi connectivity index (χ3n) is 3.73. The maximum atomic E-state index is 5.28. The number of ether oxygens (including phenoxy) is 1. The first-order valence-electron chi connectivity index (χ1n) is 6.01. The topological polar surface area (TPSA) is 24.5 Å². The molecule has 1 aromatic rings. The summed E-state index contributed by atoms with van der Waals surface area (Å²) in [6.45, 7) is 2.26. The molecule has 0 saturated carbocycles. The number of anilines is 1. The lowest BCUT2D eigenvalue weighted by molar-refractivity contribution is 0.290. The van der Waals surface area contributed by atoms with Gasteiger partial charge in [-0.25, -0.2) is 0 Å². The molecule has 16 heavy (non-hydrogen) atoms. The van der Waals surface area contributed by atoms with Crippen molar-refractivity contribution in [1.29, 1.82) is 0 Å². The maximum Gasteiger partial charge on any atom is 0.120 e. The van der Waals surface area contributed by atoms with Gasteiger partial charge < -0.3 is 15.0 Å². The van der Waals surface area contributed by atoms with E-state index >= 15 is 0 Å². The first-order valence-corrected chi connectivity index (χ1v) is 6.01. The summed E-state index contributed by atoms with van der Waals surface area (Å²) in [5, 5.41) is 3.57. The summed E-state index contributed by atoms with van der Waals surface area (Å²) in [6, 6.07) is 9.74.